The molecular formula is C31H38F2N4O6SSi. The molecule has 0 unspecified atom stereocenters. The predicted molar refractivity (Wildman–Crippen MR) is 172 cm³/mol. The van der Waals surface area contributed by atoms with E-state index in [4.69, 9.17) is 14.2 Å². The van der Waals surface area contributed by atoms with E-state index >= 15 is 0 Å². The van der Waals surface area contributed by atoms with E-state index in [-0.39, 0.29) is 23.9 Å². The number of hydrogen-bond donors (Lipinski definition) is 1. The van der Waals surface area contributed by atoms with Crippen LogP contribution in [0.4, 0.5) is 14.7 Å². The first-order chi connectivity index (χ1) is 21.2. The molecule has 242 valence electrons. The molecule has 1 aromatic heterocycles. The Hall–Kier alpha value is -4.01. The second-order valence-corrected chi connectivity index (χ2v) is 19.5. The van der Waals surface area contributed by atoms with Crippen molar-refractivity contribution in [3.63, 3.8) is 0 Å². The van der Waals surface area contributed by atoms with Crippen LogP contribution in [0.15, 0.2) is 60.7 Å². The van der Waals surface area contributed by atoms with Crippen LogP contribution in [0.2, 0.25) is 25.7 Å². The molecule has 0 aliphatic carbocycles. The van der Waals surface area contributed by atoms with E-state index in [1.807, 2.05) is 0 Å². The zero-order valence-electron chi connectivity index (χ0n) is 26.3. The van der Waals surface area contributed by atoms with Crippen molar-refractivity contribution in [2.75, 3.05) is 32.2 Å². The Bertz CT molecular complexity index is 1740. The second kappa shape index (κ2) is 13.5. The molecule has 0 saturated heterocycles. The van der Waals surface area contributed by atoms with Gasteiger partial charge in [-0.15, -0.1) is 10.2 Å². The minimum absolute atomic E-state index is 0.00523. The fourth-order valence-corrected chi connectivity index (χ4v) is 7.40. The molecule has 2 atom stereocenters. The van der Waals surface area contributed by atoms with Crippen LogP contribution in [0.25, 0.3) is 17.1 Å². The van der Waals surface area contributed by atoms with Crippen LogP contribution in [-0.4, -0.2) is 69.5 Å². The average molecular weight is 661 g/mol. The molecule has 0 aliphatic heterocycles. The number of hydrogen-bond acceptors (Lipinski definition) is 8. The van der Waals surface area contributed by atoms with Crippen LogP contribution in [0, 0.1) is 11.6 Å². The zero-order valence-corrected chi connectivity index (χ0v) is 28.1. The van der Waals surface area contributed by atoms with E-state index in [9.17, 15) is 22.3 Å². The second-order valence-electron chi connectivity index (χ2n) is 11.6. The number of aliphatic hydroxyl groups is 1. The van der Waals surface area contributed by atoms with Gasteiger partial charge in [0.05, 0.1) is 21.3 Å². The Labute approximate surface area is 263 Å². The summed E-state index contributed by atoms with van der Waals surface area (Å²) in [5.41, 5.74) is 0.555. The van der Waals surface area contributed by atoms with Gasteiger partial charge in [-0.1, -0.05) is 43.9 Å². The van der Waals surface area contributed by atoms with Gasteiger partial charge in [-0.3, -0.25) is 4.57 Å². The molecule has 0 bridgehead atoms. The molecule has 1 N–H and O–H groups in total. The summed E-state index contributed by atoms with van der Waals surface area (Å²) in [6, 6.07) is 15.3. The molecule has 3 aromatic carbocycles. The summed E-state index contributed by atoms with van der Waals surface area (Å²) in [4.78, 5) is 0. The Morgan fingerprint density at radius 3 is 2.16 bits per heavy atom. The van der Waals surface area contributed by atoms with Gasteiger partial charge in [0.2, 0.25) is 16.0 Å². The SMILES string of the molecule is COc1cccc(-c2nnc(N(CC[Si](C)(C)C)S(=O)(=O)[C@H](C)[C@H](O)c3ccc(F)cc3F)n2-c2c(OC)cccc2OC)c1. The molecule has 14 heteroatoms. The molecular weight excluding hydrogens is 623 g/mol. The van der Waals surface area contributed by atoms with E-state index in [0.29, 0.717) is 40.6 Å². The quantitative estimate of drug-likeness (QED) is 0.178. The summed E-state index contributed by atoms with van der Waals surface area (Å²) in [5.74, 6) is -0.491. The highest BCUT2D eigenvalue weighted by Crippen LogP contribution is 2.40. The molecule has 0 aliphatic rings. The number of anilines is 1. The van der Waals surface area contributed by atoms with Gasteiger partial charge in [0.1, 0.15) is 45.9 Å². The molecule has 0 spiro atoms. The highest BCUT2D eigenvalue weighted by atomic mass is 32.2. The Morgan fingerprint density at radius 2 is 1.58 bits per heavy atom. The number of nitrogens with zero attached hydrogens (tertiary/aromatic N) is 4. The smallest absolute Gasteiger partial charge is 0.246 e. The summed E-state index contributed by atoms with van der Waals surface area (Å²) >= 11 is 0. The maximum Gasteiger partial charge on any atom is 0.246 e. The molecule has 0 fully saturated rings. The minimum Gasteiger partial charge on any atom is -0.497 e. The average Bonchev–Trinajstić information content (AvgIpc) is 3.43. The molecule has 4 aromatic rings. The van der Waals surface area contributed by atoms with Gasteiger partial charge >= 0.3 is 0 Å². The molecule has 1 heterocycles. The Balaban J connectivity index is 2.00. The lowest BCUT2D eigenvalue weighted by Crippen LogP contribution is -2.44. The van der Waals surface area contributed by atoms with Gasteiger partial charge in [-0.25, -0.2) is 21.5 Å². The lowest BCUT2D eigenvalue weighted by Gasteiger charge is -2.31. The minimum atomic E-state index is -4.49. The van der Waals surface area contributed by atoms with E-state index in [1.165, 1.54) is 32.8 Å². The van der Waals surface area contributed by atoms with Gasteiger partial charge in [0.15, 0.2) is 5.82 Å². The Morgan fingerprint density at radius 1 is 0.933 bits per heavy atom. The van der Waals surface area contributed by atoms with Crippen LogP contribution in [-0.2, 0) is 10.0 Å². The van der Waals surface area contributed by atoms with Crippen molar-refractivity contribution in [2.24, 2.45) is 0 Å². The summed E-state index contributed by atoms with van der Waals surface area (Å²) in [6.45, 7) is 7.56. The van der Waals surface area contributed by atoms with Crippen LogP contribution < -0.4 is 18.5 Å². The Kier molecular flexibility index (Phi) is 10.2. The standard InChI is InChI=1S/C31H38F2N4O6SSi/c1-20(29(38)24-15-14-22(32)19-25(24)33)44(39,40)36(16-17-45(5,6)7)31-35-34-30(21-10-8-11-23(18-21)41-2)37(31)28-26(42-3)12-9-13-27(28)43-4/h8-15,18-20,29,38H,16-17H2,1-7H3/t20-,29+/m1/s1. The van der Waals surface area contributed by atoms with Gasteiger partial charge in [-0.05, 0) is 43.3 Å². The van der Waals surface area contributed by atoms with Crippen molar-refractivity contribution < 1.29 is 36.5 Å². The van der Waals surface area contributed by atoms with Crippen LogP contribution in [0.1, 0.15) is 18.6 Å². The van der Waals surface area contributed by atoms with E-state index in [0.717, 1.165) is 16.4 Å². The number of ether oxygens (including phenoxy) is 3. The first-order valence-corrected chi connectivity index (χ1v) is 19.4. The van der Waals surface area contributed by atoms with Crippen molar-refractivity contribution in [3.8, 4) is 34.3 Å². The van der Waals surface area contributed by atoms with Crippen molar-refractivity contribution in [1.29, 1.82) is 0 Å². The highest BCUT2D eigenvalue weighted by molar-refractivity contribution is 7.93. The normalized spacial score (nSPS) is 13.3. The molecule has 0 amide bonds. The van der Waals surface area contributed by atoms with Gasteiger partial charge in [-0.2, -0.15) is 0 Å². The topological polar surface area (TPSA) is 116 Å². The van der Waals surface area contributed by atoms with E-state index in [1.54, 1.807) is 42.5 Å². The monoisotopic (exact) mass is 660 g/mol. The summed E-state index contributed by atoms with van der Waals surface area (Å²) in [6.07, 6.45) is -1.82. The largest absolute Gasteiger partial charge is 0.497 e. The van der Waals surface area contributed by atoms with Crippen molar-refractivity contribution in [1.82, 2.24) is 14.8 Å². The maximum atomic E-state index is 14.7. The van der Waals surface area contributed by atoms with Gasteiger partial charge in [0.25, 0.3) is 0 Å². The molecule has 10 nitrogen and oxygen atoms in total. The predicted octanol–water partition coefficient (Wildman–Crippen LogP) is 5.83. The van der Waals surface area contributed by atoms with E-state index < -0.39 is 41.1 Å². The van der Waals surface area contributed by atoms with Crippen molar-refractivity contribution in [3.05, 3.63) is 77.9 Å². The number of aliphatic hydroxyl groups excluding tert-OH is 1. The van der Waals surface area contributed by atoms with Gasteiger partial charge < -0.3 is 19.3 Å². The lowest BCUT2D eigenvalue weighted by atomic mass is 10.1. The first kappa shape index (κ1) is 33.9. The molecule has 45 heavy (non-hydrogen) atoms. The zero-order chi connectivity index (χ0) is 33.1. The number of para-hydroxylation sites is 1. The molecule has 4 rings (SSSR count). The van der Waals surface area contributed by atoms with E-state index in [2.05, 4.69) is 29.8 Å². The number of halogens is 2. The lowest BCUT2D eigenvalue weighted by molar-refractivity contribution is 0.171. The number of rotatable bonds is 13. The maximum absolute atomic E-state index is 14.7. The summed E-state index contributed by atoms with van der Waals surface area (Å²) in [7, 11) is -1.88. The summed E-state index contributed by atoms with van der Waals surface area (Å²) in [5, 5.41) is 18.4. The van der Waals surface area contributed by atoms with Crippen molar-refractivity contribution in [2.45, 2.75) is 44.0 Å². The molecule has 0 radical (unpaired) electrons. The number of aromatic nitrogens is 3. The number of methoxy groups -OCH3 is 3. The van der Waals surface area contributed by atoms with Crippen LogP contribution >= 0.6 is 0 Å². The third-order valence-electron chi connectivity index (χ3n) is 7.39. The van der Waals surface area contributed by atoms with Crippen molar-refractivity contribution >= 4 is 24.0 Å². The first-order valence-electron chi connectivity index (χ1n) is 14.2. The molecule has 0 saturated carbocycles. The summed E-state index contributed by atoms with van der Waals surface area (Å²) < 4.78 is 76.8. The fourth-order valence-electron chi connectivity index (χ4n) is 4.78. The van der Waals surface area contributed by atoms with Crippen LogP contribution in [0.3, 0.4) is 0 Å². The van der Waals surface area contributed by atoms with Gasteiger partial charge in [0, 0.05) is 31.8 Å². The fraction of sp³-hybridized carbons (Fsp3) is 0.355. The highest BCUT2D eigenvalue weighted by Gasteiger charge is 2.40. The van der Waals surface area contributed by atoms with Crippen LogP contribution in [0.5, 0.6) is 17.2 Å². The third kappa shape index (κ3) is 7.13. The number of sulfonamides is 1. The third-order valence-corrected chi connectivity index (χ3v) is 11.3. The number of benzene rings is 3.